The van der Waals surface area contributed by atoms with E-state index in [1.165, 1.54) is 57.4 Å². The molecule has 5 heteroatoms. The minimum Gasteiger partial charge on any atom is -0.381 e. The Kier molecular flexibility index (Phi) is 3.50. The van der Waals surface area contributed by atoms with Crippen LogP contribution in [0.1, 0.15) is 56.1 Å². The normalized spacial score (nSPS) is 26.3. The lowest BCUT2D eigenvalue weighted by molar-refractivity contribution is -0.0222. The summed E-state index contributed by atoms with van der Waals surface area (Å²) in [5.41, 5.74) is 0.577. The Morgan fingerprint density at radius 3 is 2.48 bits per heavy atom. The van der Waals surface area contributed by atoms with Gasteiger partial charge in [0.05, 0.1) is 6.54 Å². The van der Waals surface area contributed by atoms with E-state index in [0.717, 1.165) is 25.6 Å². The first-order valence-electron chi connectivity index (χ1n) is 8.44. The highest BCUT2D eigenvalue weighted by atomic mass is 16.5. The molecule has 1 aromatic rings. The molecule has 5 nitrogen and oxygen atoms in total. The molecule has 2 saturated heterocycles. The zero-order valence-corrected chi connectivity index (χ0v) is 13.1. The fraction of sp³-hybridized carbons (Fsp3) is 0.875. The van der Waals surface area contributed by atoms with Gasteiger partial charge in [-0.1, -0.05) is 0 Å². The molecule has 3 heterocycles. The molecule has 21 heavy (non-hydrogen) atoms. The molecular weight excluding hydrogens is 264 g/mol. The van der Waals surface area contributed by atoms with Crippen molar-refractivity contribution in [1.29, 1.82) is 0 Å². The third kappa shape index (κ3) is 2.73. The van der Waals surface area contributed by atoms with Crippen molar-refractivity contribution in [3.05, 3.63) is 11.6 Å². The molecule has 0 unspecified atom stereocenters. The summed E-state index contributed by atoms with van der Waals surface area (Å²) in [7, 11) is 2.13. The molecule has 0 atom stereocenters. The first kappa shape index (κ1) is 13.7. The van der Waals surface area contributed by atoms with Gasteiger partial charge in [-0.2, -0.15) is 0 Å². The zero-order chi connectivity index (χ0) is 14.3. The fourth-order valence-corrected chi connectivity index (χ4v) is 3.90. The SMILES string of the molecule is Cn1c(CN2CCC3(CCOCC3)CC2)nnc1C1CC1. The molecule has 2 aliphatic heterocycles. The fourth-order valence-electron chi connectivity index (χ4n) is 3.90. The van der Waals surface area contributed by atoms with E-state index >= 15 is 0 Å². The number of ether oxygens (including phenoxy) is 1. The van der Waals surface area contributed by atoms with Crippen LogP contribution in [-0.2, 0) is 18.3 Å². The van der Waals surface area contributed by atoms with Crippen LogP contribution in [-0.4, -0.2) is 46.0 Å². The lowest BCUT2D eigenvalue weighted by atomic mass is 9.72. The second-order valence-electron chi connectivity index (χ2n) is 7.20. The minimum absolute atomic E-state index is 0.577. The molecule has 4 rings (SSSR count). The van der Waals surface area contributed by atoms with Crippen LogP contribution >= 0.6 is 0 Å². The lowest BCUT2D eigenvalue weighted by Gasteiger charge is -2.44. The van der Waals surface area contributed by atoms with Gasteiger partial charge in [0.25, 0.3) is 0 Å². The average Bonchev–Trinajstić information content (AvgIpc) is 3.29. The Morgan fingerprint density at radius 1 is 1.10 bits per heavy atom. The number of hydrogen-bond acceptors (Lipinski definition) is 4. The first-order valence-corrected chi connectivity index (χ1v) is 8.44. The predicted molar refractivity (Wildman–Crippen MR) is 80.0 cm³/mol. The quantitative estimate of drug-likeness (QED) is 0.855. The average molecular weight is 290 g/mol. The van der Waals surface area contributed by atoms with Gasteiger partial charge in [-0.05, 0) is 57.0 Å². The highest BCUT2D eigenvalue weighted by molar-refractivity contribution is 5.07. The molecule has 1 spiro atoms. The van der Waals surface area contributed by atoms with Crippen molar-refractivity contribution in [3.8, 4) is 0 Å². The van der Waals surface area contributed by atoms with E-state index in [0.29, 0.717) is 11.3 Å². The van der Waals surface area contributed by atoms with Crippen LogP contribution in [0.15, 0.2) is 0 Å². The number of hydrogen-bond donors (Lipinski definition) is 0. The maximum atomic E-state index is 5.53. The largest absolute Gasteiger partial charge is 0.381 e. The van der Waals surface area contributed by atoms with Crippen molar-refractivity contribution in [1.82, 2.24) is 19.7 Å². The molecule has 3 fully saturated rings. The van der Waals surface area contributed by atoms with Gasteiger partial charge in [-0.3, -0.25) is 4.90 Å². The van der Waals surface area contributed by atoms with E-state index in [-0.39, 0.29) is 0 Å². The minimum atomic E-state index is 0.577. The molecule has 1 aliphatic carbocycles. The lowest BCUT2D eigenvalue weighted by Crippen LogP contribution is -2.42. The molecule has 116 valence electrons. The van der Waals surface area contributed by atoms with E-state index < -0.39 is 0 Å². The van der Waals surface area contributed by atoms with Crippen molar-refractivity contribution < 1.29 is 4.74 Å². The van der Waals surface area contributed by atoms with Crippen LogP contribution in [0, 0.1) is 5.41 Å². The summed E-state index contributed by atoms with van der Waals surface area (Å²) in [5, 5.41) is 8.82. The van der Waals surface area contributed by atoms with Crippen molar-refractivity contribution in [3.63, 3.8) is 0 Å². The zero-order valence-electron chi connectivity index (χ0n) is 13.1. The summed E-state index contributed by atoms with van der Waals surface area (Å²) >= 11 is 0. The third-order valence-electron chi connectivity index (χ3n) is 5.78. The second kappa shape index (κ2) is 5.36. The molecule has 0 bridgehead atoms. The highest BCUT2D eigenvalue weighted by Crippen LogP contribution is 2.41. The summed E-state index contributed by atoms with van der Waals surface area (Å²) in [6, 6.07) is 0. The standard InChI is InChI=1S/C16H26N4O/c1-19-14(17-18-15(19)13-2-3-13)12-20-8-4-16(5-9-20)6-10-21-11-7-16/h13H,2-12H2,1H3. The van der Waals surface area contributed by atoms with Crippen molar-refractivity contribution >= 4 is 0 Å². The summed E-state index contributed by atoms with van der Waals surface area (Å²) in [4.78, 5) is 2.56. The topological polar surface area (TPSA) is 43.2 Å². The number of rotatable bonds is 3. The Hall–Kier alpha value is -0.940. The van der Waals surface area contributed by atoms with Gasteiger partial charge in [-0.25, -0.2) is 0 Å². The van der Waals surface area contributed by atoms with Gasteiger partial charge < -0.3 is 9.30 Å². The van der Waals surface area contributed by atoms with Crippen LogP contribution in [0.4, 0.5) is 0 Å². The van der Waals surface area contributed by atoms with E-state index in [1.54, 1.807) is 0 Å². The smallest absolute Gasteiger partial charge is 0.146 e. The number of likely N-dealkylation sites (tertiary alicyclic amines) is 1. The van der Waals surface area contributed by atoms with Gasteiger partial charge in [0.15, 0.2) is 0 Å². The molecular formula is C16H26N4O. The van der Waals surface area contributed by atoms with Crippen LogP contribution in [0.25, 0.3) is 0 Å². The molecule has 1 saturated carbocycles. The Bertz CT molecular complexity index is 492. The molecule has 0 N–H and O–H groups in total. The second-order valence-corrected chi connectivity index (χ2v) is 7.20. The van der Waals surface area contributed by atoms with Gasteiger partial charge in [-0.15, -0.1) is 10.2 Å². The van der Waals surface area contributed by atoms with Gasteiger partial charge in [0.1, 0.15) is 11.6 Å². The number of nitrogens with zero attached hydrogens (tertiary/aromatic N) is 4. The Morgan fingerprint density at radius 2 is 1.81 bits per heavy atom. The Labute approximate surface area is 126 Å². The van der Waals surface area contributed by atoms with Crippen LogP contribution in [0.5, 0.6) is 0 Å². The van der Waals surface area contributed by atoms with Crippen molar-refractivity contribution in [2.45, 2.75) is 51.0 Å². The first-order chi connectivity index (χ1) is 10.3. The van der Waals surface area contributed by atoms with E-state index in [2.05, 4.69) is 26.7 Å². The van der Waals surface area contributed by atoms with E-state index in [1.807, 2.05) is 0 Å². The van der Waals surface area contributed by atoms with E-state index in [9.17, 15) is 0 Å². The van der Waals surface area contributed by atoms with Gasteiger partial charge in [0, 0.05) is 26.2 Å². The van der Waals surface area contributed by atoms with Gasteiger partial charge >= 0.3 is 0 Å². The monoisotopic (exact) mass is 290 g/mol. The van der Waals surface area contributed by atoms with Crippen LogP contribution in [0.3, 0.4) is 0 Å². The summed E-state index contributed by atoms with van der Waals surface area (Å²) in [5.74, 6) is 3.02. The van der Waals surface area contributed by atoms with Crippen LogP contribution in [0.2, 0.25) is 0 Å². The summed E-state index contributed by atoms with van der Waals surface area (Å²) in [6.45, 7) is 5.29. The predicted octanol–water partition coefficient (Wildman–Crippen LogP) is 2.09. The Balaban J connectivity index is 1.36. The van der Waals surface area contributed by atoms with Crippen molar-refractivity contribution in [2.24, 2.45) is 12.5 Å². The number of piperidine rings is 1. The highest BCUT2D eigenvalue weighted by Gasteiger charge is 2.36. The summed E-state index contributed by atoms with van der Waals surface area (Å²) in [6.07, 6.45) is 7.75. The molecule has 0 radical (unpaired) electrons. The molecule has 3 aliphatic rings. The van der Waals surface area contributed by atoms with Crippen molar-refractivity contribution in [2.75, 3.05) is 26.3 Å². The molecule has 1 aromatic heterocycles. The molecule has 0 aromatic carbocycles. The maximum Gasteiger partial charge on any atom is 0.146 e. The van der Waals surface area contributed by atoms with Crippen LogP contribution < -0.4 is 0 Å². The molecule has 0 amide bonds. The van der Waals surface area contributed by atoms with E-state index in [4.69, 9.17) is 4.74 Å². The number of aromatic nitrogens is 3. The third-order valence-corrected chi connectivity index (χ3v) is 5.78. The summed E-state index contributed by atoms with van der Waals surface area (Å²) < 4.78 is 7.76. The van der Waals surface area contributed by atoms with Gasteiger partial charge in [0.2, 0.25) is 0 Å². The maximum absolute atomic E-state index is 5.53.